The second-order valence-corrected chi connectivity index (χ2v) is 7.25. The van der Waals surface area contributed by atoms with Gasteiger partial charge in [0.05, 0.1) is 4.92 Å². The number of nitrogens with zero attached hydrogens (tertiary/aromatic N) is 1. The van der Waals surface area contributed by atoms with Gasteiger partial charge in [0, 0.05) is 21.7 Å². The van der Waals surface area contributed by atoms with Crippen molar-refractivity contribution in [1.82, 2.24) is 0 Å². The number of hydrogen-bond acceptors (Lipinski definition) is 2. The molecule has 0 bridgehead atoms. The Morgan fingerprint density at radius 3 is 2.60 bits per heavy atom. The molecule has 0 aliphatic rings. The van der Waals surface area contributed by atoms with Crippen LogP contribution < -0.4 is 0 Å². The van der Waals surface area contributed by atoms with Crippen molar-refractivity contribution in [2.45, 2.75) is 31.9 Å². The third-order valence-electron chi connectivity index (χ3n) is 2.07. The van der Waals surface area contributed by atoms with Gasteiger partial charge in [-0.05, 0) is 16.6 Å². The zero-order valence-corrected chi connectivity index (χ0v) is 10.5. The van der Waals surface area contributed by atoms with Gasteiger partial charge in [-0.3, -0.25) is 10.1 Å². The molecule has 3 nitrogen and oxygen atoms in total. The van der Waals surface area contributed by atoms with E-state index in [0.29, 0.717) is 5.04 Å². The fourth-order valence-corrected chi connectivity index (χ4v) is 2.32. The first kappa shape index (κ1) is 11.9. The second kappa shape index (κ2) is 4.57. The van der Waals surface area contributed by atoms with E-state index in [1.165, 1.54) is 6.07 Å². The molecule has 0 aromatic heterocycles. The molecule has 0 amide bonds. The van der Waals surface area contributed by atoms with Crippen LogP contribution in [0.15, 0.2) is 24.3 Å². The summed E-state index contributed by atoms with van der Waals surface area (Å²) in [6.07, 6.45) is 0. The Labute approximate surface area is 92.5 Å². The van der Waals surface area contributed by atoms with E-state index < -0.39 is 0 Å². The highest BCUT2D eigenvalue weighted by atomic mass is 28.2. The molecule has 0 saturated heterocycles. The Bertz CT molecular complexity index is 358. The molecular weight excluding hydrogens is 206 g/mol. The molecule has 0 saturated carbocycles. The summed E-state index contributed by atoms with van der Waals surface area (Å²) < 4.78 is 0. The predicted octanol–water partition coefficient (Wildman–Crippen LogP) is 2.75. The van der Waals surface area contributed by atoms with E-state index in [2.05, 4.69) is 20.8 Å². The van der Waals surface area contributed by atoms with Crippen molar-refractivity contribution < 1.29 is 4.92 Å². The maximum atomic E-state index is 10.6. The van der Waals surface area contributed by atoms with Gasteiger partial charge in [0.1, 0.15) is 0 Å². The van der Waals surface area contributed by atoms with Crippen LogP contribution in [-0.2, 0) is 6.04 Å². The Hall–Kier alpha value is -1.16. The van der Waals surface area contributed by atoms with Crippen LogP contribution in [0.5, 0.6) is 0 Å². The Morgan fingerprint density at radius 2 is 2.07 bits per heavy atom. The normalized spacial score (nSPS) is 11.4. The predicted molar refractivity (Wildman–Crippen MR) is 63.7 cm³/mol. The first-order chi connectivity index (χ1) is 6.88. The van der Waals surface area contributed by atoms with Crippen LogP contribution in [0.3, 0.4) is 0 Å². The largest absolute Gasteiger partial charge is 0.269 e. The summed E-state index contributed by atoms with van der Waals surface area (Å²) in [6, 6.07) is 7.92. The number of benzene rings is 1. The fourth-order valence-electron chi connectivity index (χ4n) is 1.22. The van der Waals surface area contributed by atoms with E-state index in [0.717, 1.165) is 11.6 Å². The van der Waals surface area contributed by atoms with Crippen molar-refractivity contribution in [3.8, 4) is 0 Å². The molecule has 1 aromatic rings. The number of hydrogen-bond donors (Lipinski definition) is 0. The van der Waals surface area contributed by atoms with Crippen molar-refractivity contribution in [2.24, 2.45) is 0 Å². The quantitative estimate of drug-likeness (QED) is 0.448. The standard InChI is InChI=1S/C11H16NO2Si/c1-11(2,3)15-8-9-5-4-6-10(7-9)12(13)14/h4-7,15H,8H2,1-3H3. The summed E-state index contributed by atoms with van der Waals surface area (Å²) in [5.41, 5.74) is 1.27. The van der Waals surface area contributed by atoms with Crippen LogP contribution >= 0.6 is 0 Å². The Morgan fingerprint density at radius 1 is 1.40 bits per heavy atom. The molecule has 81 valence electrons. The maximum absolute atomic E-state index is 10.6. The molecule has 1 aromatic carbocycles. The van der Waals surface area contributed by atoms with Crippen molar-refractivity contribution >= 4 is 15.2 Å². The second-order valence-electron chi connectivity index (χ2n) is 4.70. The summed E-state index contributed by atoms with van der Waals surface area (Å²) in [5.74, 6) is 0. The lowest BCUT2D eigenvalue weighted by Crippen LogP contribution is -2.11. The summed E-state index contributed by atoms with van der Waals surface area (Å²) in [7, 11) is 0.287. The molecular formula is C11H16NO2Si. The van der Waals surface area contributed by atoms with Gasteiger partial charge < -0.3 is 0 Å². The van der Waals surface area contributed by atoms with Gasteiger partial charge in [-0.25, -0.2) is 0 Å². The van der Waals surface area contributed by atoms with Gasteiger partial charge in [-0.15, -0.1) is 0 Å². The van der Waals surface area contributed by atoms with Crippen LogP contribution in [0.1, 0.15) is 26.3 Å². The smallest absolute Gasteiger partial charge is 0.258 e. The third-order valence-corrected chi connectivity index (χ3v) is 3.97. The van der Waals surface area contributed by atoms with Crippen LogP contribution in [0, 0.1) is 10.1 Å². The van der Waals surface area contributed by atoms with E-state index in [1.807, 2.05) is 6.07 Å². The number of nitro groups is 1. The molecule has 0 aliphatic carbocycles. The van der Waals surface area contributed by atoms with Crippen molar-refractivity contribution in [1.29, 1.82) is 0 Å². The van der Waals surface area contributed by atoms with E-state index in [-0.39, 0.29) is 20.1 Å². The lowest BCUT2D eigenvalue weighted by atomic mass is 10.2. The average Bonchev–Trinajstić information content (AvgIpc) is 2.14. The third kappa shape index (κ3) is 4.25. The molecule has 0 N–H and O–H groups in total. The van der Waals surface area contributed by atoms with E-state index in [1.54, 1.807) is 12.1 Å². The minimum atomic E-state index is -0.337. The molecule has 0 spiro atoms. The number of non-ortho nitro benzene ring substituents is 1. The van der Waals surface area contributed by atoms with E-state index in [4.69, 9.17) is 0 Å². The summed E-state index contributed by atoms with van der Waals surface area (Å²) >= 11 is 0. The molecule has 0 atom stereocenters. The highest BCUT2D eigenvalue weighted by molar-refractivity contribution is 6.39. The Balaban J connectivity index is 2.70. The van der Waals surface area contributed by atoms with Gasteiger partial charge in [0.25, 0.3) is 5.69 Å². The van der Waals surface area contributed by atoms with Crippen LogP contribution in [-0.4, -0.2) is 14.4 Å². The fraction of sp³-hybridized carbons (Fsp3) is 0.455. The lowest BCUT2D eigenvalue weighted by Gasteiger charge is -2.16. The maximum Gasteiger partial charge on any atom is 0.269 e. The first-order valence-corrected chi connectivity index (χ1v) is 6.35. The minimum absolute atomic E-state index is 0.195. The van der Waals surface area contributed by atoms with Crippen molar-refractivity contribution in [2.75, 3.05) is 0 Å². The van der Waals surface area contributed by atoms with Gasteiger partial charge in [0.2, 0.25) is 0 Å². The van der Waals surface area contributed by atoms with Crippen molar-refractivity contribution in [3.63, 3.8) is 0 Å². The summed E-state index contributed by atoms with van der Waals surface area (Å²) in [5, 5.41) is 10.9. The summed E-state index contributed by atoms with van der Waals surface area (Å²) in [4.78, 5) is 10.2. The van der Waals surface area contributed by atoms with E-state index in [9.17, 15) is 10.1 Å². The monoisotopic (exact) mass is 222 g/mol. The molecule has 0 heterocycles. The average molecular weight is 222 g/mol. The SMILES string of the molecule is CC(C)(C)[SiH]Cc1cccc([N+](=O)[O-])c1. The number of nitro benzene ring substituents is 1. The number of rotatable bonds is 3. The van der Waals surface area contributed by atoms with Crippen LogP contribution in [0.25, 0.3) is 0 Å². The van der Waals surface area contributed by atoms with Crippen molar-refractivity contribution in [3.05, 3.63) is 39.9 Å². The summed E-state index contributed by atoms with van der Waals surface area (Å²) in [6.45, 7) is 6.62. The molecule has 1 radical (unpaired) electrons. The first-order valence-electron chi connectivity index (χ1n) is 4.96. The van der Waals surface area contributed by atoms with Gasteiger partial charge in [0.15, 0.2) is 0 Å². The molecule has 15 heavy (non-hydrogen) atoms. The Kier molecular flexibility index (Phi) is 3.63. The molecule has 0 fully saturated rings. The van der Waals surface area contributed by atoms with E-state index >= 15 is 0 Å². The van der Waals surface area contributed by atoms with Gasteiger partial charge in [-0.1, -0.05) is 32.9 Å². The van der Waals surface area contributed by atoms with Crippen LogP contribution in [0.4, 0.5) is 5.69 Å². The minimum Gasteiger partial charge on any atom is -0.258 e. The lowest BCUT2D eigenvalue weighted by molar-refractivity contribution is -0.384. The highest BCUT2D eigenvalue weighted by Crippen LogP contribution is 2.22. The van der Waals surface area contributed by atoms with Crippen LogP contribution in [0.2, 0.25) is 5.04 Å². The molecule has 0 aliphatic heterocycles. The topological polar surface area (TPSA) is 43.1 Å². The highest BCUT2D eigenvalue weighted by Gasteiger charge is 2.12. The zero-order valence-electron chi connectivity index (χ0n) is 9.36. The molecule has 0 unspecified atom stereocenters. The molecule has 1 rings (SSSR count). The van der Waals surface area contributed by atoms with Gasteiger partial charge >= 0.3 is 0 Å². The van der Waals surface area contributed by atoms with Gasteiger partial charge in [-0.2, -0.15) is 0 Å². The molecule has 4 heteroatoms. The zero-order chi connectivity index (χ0) is 11.5.